The van der Waals surface area contributed by atoms with E-state index in [2.05, 4.69) is 0 Å². The molecule has 0 radical (unpaired) electrons. The highest BCUT2D eigenvalue weighted by Crippen LogP contribution is 2.32. The molecule has 1 saturated carbocycles. The summed E-state index contributed by atoms with van der Waals surface area (Å²) in [6.07, 6.45) is 4.81. The molecule has 102 valence electrons. The van der Waals surface area contributed by atoms with Crippen molar-refractivity contribution in [3.05, 3.63) is 0 Å². The number of carbonyl (C=O) groups excluding carboxylic acids is 1. The van der Waals surface area contributed by atoms with Gasteiger partial charge in [-0.2, -0.15) is 0 Å². The number of hydrogen-bond donors (Lipinski definition) is 2. The van der Waals surface area contributed by atoms with Crippen LogP contribution >= 0.6 is 0 Å². The Balaban J connectivity index is 2.19. The van der Waals surface area contributed by atoms with E-state index in [0.717, 1.165) is 19.3 Å². The molecule has 2 atom stereocenters. The van der Waals surface area contributed by atoms with Crippen LogP contribution in [0, 0.1) is 11.8 Å². The Labute approximate surface area is 106 Å². The normalized spacial score (nSPS) is 23.2. The lowest BCUT2D eigenvalue weighted by Gasteiger charge is -2.13. The van der Waals surface area contributed by atoms with Crippen molar-refractivity contribution in [3.63, 3.8) is 0 Å². The van der Waals surface area contributed by atoms with Crippen LogP contribution in [0.4, 0.5) is 0 Å². The van der Waals surface area contributed by atoms with Gasteiger partial charge >= 0.3 is 11.9 Å². The number of Topliss-reactive ketones (excluding diaryl/α,β-unsaturated/α-hetero) is 1. The van der Waals surface area contributed by atoms with Crippen molar-refractivity contribution >= 4 is 17.7 Å². The van der Waals surface area contributed by atoms with Gasteiger partial charge in [0.1, 0.15) is 5.78 Å². The molecule has 0 aromatic heterocycles. The summed E-state index contributed by atoms with van der Waals surface area (Å²) in [7, 11) is 0. The summed E-state index contributed by atoms with van der Waals surface area (Å²) in [4.78, 5) is 32.8. The van der Waals surface area contributed by atoms with Crippen LogP contribution in [0.5, 0.6) is 0 Å². The fraction of sp³-hybridized carbons (Fsp3) is 0.769. The van der Waals surface area contributed by atoms with Gasteiger partial charge in [-0.15, -0.1) is 0 Å². The van der Waals surface area contributed by atoms with Crippen molar-refractivity contribution < 1.29 is 24.6 Å². The molecule has 0 amide bonds. The maximum absolute atomic E-state index is 11.6. The molecule has 0 aliphatic heterocycles. The molecule has 0 spiro atoms. The van der Waals surface area contributed by atoms with E-state index in [1.807, 2.05) is 0 Å². The molecule has 0 bridgehead atoms. The van der Waals surface area contributed by atoms with Crippen LogP contribution in [0.15, 0.2) is 0 Å². The van der Waals surface area contributed by atoms with E-state index in [-0.39, 0.29) is 18.1 Å². The molecular weight excluding hydrogens is 236 g/mol. The molecular formula is C13H20O5. The Bertz CT molecular complexity index is 323. The number of carboxylic acid groups (broad SMARTS) is 2. The average Bonchev–Trinajstić information content (AvgIpc) is 2.65. The van der Waals surface area contributed by atoms with Crippen LogP contribution < -0.4 is 0 Å². The van der Waals surface area contributed by atoms with E-state index in [0.29, 0.717) is 25.7 Å². The Kier molecular flexibility index (Phi) is 5.82. The van der Waals surface area contributed by atoms with E-state index in [9.17, 15) is 14.4 Å². The summed E-state index contributed by atoms with van der Waals surface area (Å²) in [6.45, 7) is 0. The summed E-state index contributed by atoms with van der Waals surface area (Å²) in [5, 5.41) is 17.4. The maximum Gasteiger partial charge on any atom is 0.307 e. The molecule has 1 aliphatic rings. The van der Waals surface area contributed by atoms with Gasteiger partial charge in [0.15, 0.2) is 0 Å². The predicted octanol–water partition coefficient (Wildman–Crippen LogP) is 2.09. The van der Waals surface area contributed by atoms with Crippen LogP contribution in [-0.4, -0.2) is 27.9 Å². The predicted molar refractivity (Wildman–Crippen MR) is 64.2 cm³/mol. The Morgan fingerprint density at radius 3 is 2.39 bits per heavy atom. The van der Waals surface area contributed by atoms with Gasteiger partial charge in [0, 0.05) is 18.8 Å². The lowest BCUT2D eigenvalue weighted by molar-refractivity contribution is -0.144. The molecule has 0 saturated heterocycles. The fourth-order valence-corrected chi connectivity index (χ4v) is 2.56. The number of rotatable bonds is 8. The number of aliphatic carboxylic acids is 2. The summed E-state index contributed by atoms with van der Waals surface area (Å²) >= 11 is 0. The second-order valence-corrected chi connectivity index (χ2v) is 4.90. The summed E-state index contributed by atoms with van der Waals surface area (Å²) < 4.78 is 0. The van der Waals surface area contributed by atoms with E-state index >= 15 is 0 Å². The molecule has 0 aromatic rings. The number of ketones is 1. The number of unbranched alkanes of at least 4 members (excludes halogenated alkanes) is 3. The highest BCUT2D eigenvalue weighted by atomic mass is 16.4. The van der Waals surface area contributed by atoms with Crippen molar-refractivity contribution in [2.24, 2.45) is 11.8 Å². The van der Waals surface area contributed by atoms with Gasteiger partial charge in [0.25, 0.3) is 0 Å². The first kappa shape index (κ1) is 14.7. The van der Waals surface area contributed by atoms with Gasteiger partial charge in [0.2, 0.25) is 0 Å². The van der Waals surface area contributed by atoms with Crippen LogP contribution in [0.2, 0.25) is 0 Å². The first-order valence-corrected chi connectivity index (χ1v) is 6.49. The van der Waals surface area contributed by atoms with Crippen LogP contribution in [0.3, 0.4) is 0 Å². The minimum Gasteiger partial charge on any atom is -0.481 e. The van der Waals surface area contributed by atoms with Crippen molar-refractivity contribution in [1.29, 1.82) is 0 Å². The quantitative estimate of drug-likeness (QED) is 0.649. The molecule has 18 heavy (non-hydrogen) atoms. The highest BCUT2D eigenvalue weighted by molar-refractivity contribution is 5.89. The maximum atomic E-state index is 11.6. The standard InChI is InChI=1S/C13H20O5/c14-11-8-7-10(13(17)18)9(11)5-3-1-2-4-6-12(15)16/h9-10H,1-8H2,(H,15,16)(H,17,18). The van der Waals surface area contributed by atoms with Gasteiger partial charge in [-0.1, -0.05) is 19.3 Å². The third-order valence-corrected chi connectivity index (χ3v) is 3.57. The van der Waals surface area contributed by atoms with Gasteiger partial charge < -0.3 is 10.2 Å². The molecule has 1 fully saturated rings. The van der Waals surface area contributed by atoms with Crippen molar-refractivity contribution in [2.45, 2.75) is 51.4 Å². The lowest BCUT2D eigenvalue weighted by atomic mass is 9.90. The Hall–Kier alpha value is -1.39. The van der Waals surface area contributed by atoms with E-state index in [1.54, 1.807) is 0 Å². The van der Waals surface area contributed by atoms with Gasteiger partial charge in [-0.3, -0.25) is 14.4 Å². The zero-order valence-corrected chi connectivity index (χ0v) is 10.4. The minimum atomic E-state index is -0.864. The van der Waals surface area contributed by atoms with Gasteiger partial charge in [0.05, 0.1) is 5.92 Å². The SMILES string of the molecule is O=C(O)CCCCCCC1C(=O)CCC1C(=O)O. The largest absolute Gasteiger partial charge is 0.481 e. The molecule has 2 unspecified atom stereocenters. The Morgan fingerprint density at radius 1 is 1.11 bits per heavy atom. The van der Waals surface area contributed by atoms with E-state index < -0.39 is 17.9 Å². The molecule has 0 heterocycles. The van der Waals surface area contributed by atoms with Crippen molar-refractivity contribution in [2.75, 3.05) is 0 Å². The molecule has 1 aliphatic carbocycles. The van der Waals surface area contributed by atoms with Crippen LogP contribution in [0.1, 0.15) is 51.4 Å². The van der Waals surface area contributed by atoms with Crippen molar-refractivity contribution in [1.82, 2.24) is 0 Å². The van der Waals surface area contributed by atoms with Gasteiger partial charge in [-0.25, -0.2) is 0 Å². The third-order valence-electron chi connectivity index (χ3n) is 3.57. The lowest BCUT2D eigenvalue weighted by Crippen LogP contribution is -2.22. The minimum absolute atomic E-state index is 0.0768. The summed E-state index contributed by atoms with van der Waals surface area (Å²) in [5.74, 6) is -2.39. The second-order valence-electron chi connectivity index (χ2n) is 4.90. The molecule has 5 nitrogen and oxygen atoms in total. The number of carbonyl (C=O) groups is 3. The molecule has 1 rings (SSSR count). The smallest absolute Gasteiger partial charge is 0.307 e. The van der Waals surface area contributed by atoms with E-state index in [1.165, 1.54) is 0 Å². The molecule has 2 N–H and O–H groups in total. The molecule has 0 aromatic carbocycles. The highest BCUT2D eigenvalue weighted by Gasteiger charge is 2.38. The fourth-order valence-electron chi connectivity index (χ4n) is 2.56. The summed E-state index contributed by atoms with van der Waals surface area (Å²) in [5.41, 5.74) is 0. The number of hydrogen-bond acceptors (Lipinski definition) is 3. The second kappa shape index (κ2) is 7.13. The van der Waals surface area contributed by atoms with Gasteiger partial charge in [-0.05, 0) is 19.3 Å². The Morgan fingerprint density at radius 2 is 1.78 bits per heavy atom. The van der Waals surface area contributed by atoms with E-state index in [4.69, 9.17) is 10.2 Å². The first-order chi connectivity index (χ1) is 8.52. The van der Waals surface area contributed by atoms with Crippen LogP contribution in [0.25, 0.3) is 0 Å². The molecule has 5 heteroatoms. The zero-order valence-electron chi connectivity index (χ0n) is 10.4. The third kappa shape index (κ3) is 4.47. The van der Waals surface area contributed by atoms with Crippen LogP contribution in [-0.2, 0) is 14.4 Å². The summed E-state index contributed by atoms with van der Waals surface area (Å²) in [6, 6.07) is 0. The number of carboxylic acids is 2. The monoisotopic (exact) mass is 256 g/mol. The topological polar surface area (TPSA) is 91.7 Å². The average molecular weight is 256 g/mol. The first-order valence-electron chi connectivity index (χ1n) is 6.49. The van der Waals surface area contributed by atoms with Crippen molar-refractivity contribution in [3.8, 4) is 0 Å². The zero-order chi connectivity index (χ0) is 13.5.